The van der Waals surface area contributed by atoms with E-state index in [-0.39, 0.29) is 48.1 Å². The Morgan fingerprint density at radius 3 is 2.42 bits per heavy atom. The minimum atomic E-state index is -1.36. The fourth-order valence-electron chi connectivity index (χ4n) is 12.5. The molecule has 1 aromatic carbocycles. The number of rotatable bonds is 15. The van der Waals surface area contributed by atoms with Gasteiger partial charge in [0.2, 0.25) is 17.7 Å². The van der Waals surface area contributed by atoms with Gasteiger partial charge in [0.1, 0.15) is 29.3 Å². The number of halogens is 1. The summed E-state index contributed by atoms with van der Waals surface area (Å²) in [7, 11) is 0.242. The Kier molecular flexibility index (Phi) is 14.4. The van der Waals surface area contributed by atoms with Gasteiger partial charge in [-0.25, -0.2) is 23.7 Å². The van der Waals surface area contributed by atoms with E-state index in [0.29, 0.717) is 61.3 Å². The number of aromatic nitrogens is 6. The standard InChI is InChI=1S/C57H68FN13O5Si/c1-57(76-56(74)60-20-23-77(3,4)5)35-68(31-36-6-17-52(75-2)62-27-36)49-34-69(54(49)57)50-15-7-38(28-61-50)46-24-39(32-71-53(46)40(26-59)29-64-71)41-30-63-70(33-41)44-11-9-43(10-12-44)67-21-18-37(19-22-67)45-13-8-42(25-47(45)58)65-48-14-16-51(72)66-55(48)73/h6-8,13,15,17,24-25,27-30,32-33,37,43-44,48-49,54,65H,9-12,14,16,18-23,31,34-35H2,1-5H3,(H,60,74)(H,66,72,73)/t43?,44?,48?,49-,54+,57?/m0/s1. The minimum Gasteiger partial charge on any atom is -0.481 e. The minimum absolute atomic E-state index is 0.115. The van der Waals surface area contributed by atoms with Crippen LogP contribution in [-0.2, 0) is 20.9 Å². The number of nitriles is 1. The predicted molar refractivity (Wildman–Crippen MR) is 293 cm³/mol. The van der Waals surface area contributed by atoms with Crippen LogP contribution in [0.25, 0.3) is 27.8 Å². The van der Waals surface area contributed by atoms with Crippen LogP contribution in [0, 0.1) is 17.1 Å². The lowest BCUT2D eigenvalue weighted by Crippen LogP contribution is -2.68. The summed E-state index contributed by atoms with van der Waals surface area (Å²) < 4.78 is 31.0. The second kappa shape index (κ2) is 21.3. The van der Waals surface area contributed by atoms with Crippen molar-refractivity contribution in [2.24, 2.45) is 0 Å². The largest absolute Gasteiger partial charge is 0.481 e. The number of ether oxygens (including phenoxy) is 2. The molecular weight excluding hydrogens is 994 g/mol. The van der Waals surface area contributed by atoms with Crippen molar-refractivity contribution in [1.82, 2.24) is 49.8 Å². The molecule has 2 unspecified atom stereocenters. The summed E-state index contributed by atoms with van der Waals surface area (Å²) in [4.78, 5) is 53.9. The average molecular weight is 1060 g/mol. The Hall–Kier alpha value is -7.21. The lowest BCUT2D eigenvalue weighted by atomic mass is 9.85. The molecule has 402 valence electrons. The molecule has 3 N–H and O–H groups in total. The number of carbonyl (C=O) groups excluding carboxylic acids is 3. The molecule has 0 radical (unpaired) electrons. The summed E-state index contributed by atoms with van der Waals surface area (Å²) >= 11 is 0. The highest BCUT2D eigenvalue weighted by atomic mass is 28.3. The third-order valence-electron chi connectivity index (χ3n) is 16.7. The Labute approximate surface area is 449 Å². The maximum absolute atomic E-state index is 15.5. The van der Waals surface area contributed by atoms with Crippen molar-refractivity contribution in [2.45, 2.75) is 132 Å². The van der Waals surface area contributed by atoms with Gasteiger partial charge in [-0.15, -0.1) is 0 Å². The van der Waals surface area contributed by atoms with Crippen LogP contribution in [0.4, 0.5) is 20.7 Å². The van der Waals surface area contributed by atoms with Crippen molar-refractivity contribution in [3.05, 3.63) is 108 Å². The first kappa shape index (κ1) is 51.9. The first-order valence-corrected chi connectivity index (χ1v) is 30.9. The molecular formula is C57H68FN13O5Si. The third-order valence-corrected chi connectivity index (χ3v) is 18.4. The highest BCUT2D eigenvalue weighted by molar-refractivity contribution is 6.76. The monoisotopic (exact) mass is 1060 g/mol. The zero-order valence-electron chi connectivity index (χ0n) is 44.5. The number of nitrogens with zero attached hydrogens (tertiary/aromatic N) is 10. The van der Waals surface area contributed by atoms with Gasteiger partial charge in [-0.2, -0.15) is 15.5 Å². The topological polar surface area (TPSA) is 200 Å². The van der Waals surface area contributed by atoms with Crippen LogP contribution in [0.3, 0.4) is 0 Å². The van der Waals surface area contributed by atoms with E-state index >= 15 is 4.39 Å². The molecule has 1 aliphatic carbocycles. The van der Waals surface area contributed by atoms with Crippen LogP contribution in [0.2, 0.25) is 25.7 Å². The fraction of sp³-hybridized carbons (Fsp3) is 0.474. The van der Waals surface area contributed by atoms with E-state index in [0.717, 1.165) is 96.9 Å². The van der Waals surface area contributed by atoms with Crippen LogP contribution >= 0.6 is 0 Å². The second-order valence-electron chi connectivity index (χ2n) is 23.1. The Balaban J connectivity index is 0.741. The SMILES string of the molecule is COc1ccc(CN2CC(C)(OC(=O)NCC[Si](C)(C)C)[C@H]3[C@@H]2CN3c2ccc(-c3cc(-c4cnn(C5CCC(N6CCC(c7ccc(NC8CCC(=O)NC8=O)cc7F)CC6)CC5)c4)cn4ncc(C#N)c34)cn2)cn1. The molecule has 9 heterocycles. The Morgan fingerprint density at radius 1 is 0.909 bits per heavy atom. The number of pyridine rings is 3. The molecule has 77 heavy (non-hydrogen) atoms. The number of fused-ring (bicyclic) bond motifs is 2. The van der Waals surface area contributed by atoms with Crippen LogP contribution in [-0.4, -0.2) is 135 Å². The summed E-state index contributed by atoms with van der Waals surface area (Å²) in [5, 5.41) is 28.2. The Bertz CT molecular complexity index is 3190. The number of alkyl carbamates (subject to hydrolysis) is 1. The van der Waals surface area contributed by atoms with Gasteiger partial charge < -0.3 is 29.9 Å². The molecule has 20 heteroatoms. The molecule has 0 bridgehead atoms. The number of likely N-dealkylation sites (tertiary alicyclic amines) is 2. The number of nitrogens with one attached hydrogen (secondary N) is 3. The molecule has 5 aliphatic rings. The van der Waals surface area contributed by atoms with Crippen LogP contribution in [0.1, 0.15) is 86.9 Å². The van der Waals surface area contributed by atoms with Crippen molar-refractivity contribution in [1.29, 1.82) is 5.26 Å². The molecule has 3 amide bonds. The van der Waals surface area contributed by atoms with Gasteiger partial charge >= 0.3 is 6.09 Å². The van der Waals surface area contributed by atoms with E-state index < -0.39 is 25.8 Å². The molecule has 1 saturated carbocycles. The number of piperidine rings is 2. The van der Waals surface area contributed by atoms with Crippen molar-refractivity contribution in [3.8, 4) is 34.2 Å². The summed E-state index contributed by atoms with van der Waals surface area (Å²) in [5.41, 5.74) is 6.20. The molecule has 5 fully saturated rings. The van der Waals surface area contributed by atoms with E-state index in [1.807, 2.05) is 68.1 Å². The maximum Gasteiger partial charge on any atom is 0.407 e. The fourth-order valence-corrected chi connectivity index (χ4v) is 13.4. The Morgan fingerprint density at radius 2 is 1.71 bits per heavy atom. The number of amides is 3. The van der Waals surface area contributed by atoms with Gasteiger partial charge in [0, 0.05) is 106 Å². The molecule has 6 aromatic rings. The molecule has 4 aliphatic heterocycles. The maximum atomic E-state index is 15.5. The van der Waals surface area contributed by atoms with Crippen molar-refractivity contribution in [3.63, 3.8) is 0 Å². The third kappa shape index (κ3) is 10.9. The molecule has 4 atom stereocenters. The van der Waals surface area contributed by atoms with E-state index in [9.17, 15) is 19.6 Å². The molecule has 4 saturated heterocycles. The second-order valence-corrected chi connectivity index (χ2v) is 28.7. The number of benzene rings is 1. The van der Waals surface area contributed by atoms with Crippen molar-refractivity contribution < 1.29 is 28.2 Å². The molecule has 11 rings (SSSR count). The summed E-state index contributed by atoms with van der Waals surface area (Å²) in [6.07, 6.45) is 17.4. The van der Waals surface area contributed by atoms with Gasteiger partial charge in [-0.1, -0.05) is 31.8 Å². The summed E-state index contributed by atoms with van der Waals surface area (Å²) in [6, 6.07) is 18.7. The molecule has 18 nitrogen and oxygen atoms in total. The van der Waals surface area contributed by atoms with Gasteiger partial charge in [0.05, 0.1) is 48.7 Å². The zero-order chi connectivity index (χ0) is 53.6. The van der Waals surface area contributed by atoms with E-state index in [1.165, 1.54) is 6.07 Å². The lowest BCUT2D eigenvalue weighted by Gasteiger charge is -2.51. The first-order valence-electron chi connectivity index (χ1n) is 27.1. The smallest absolute Gasteiger partial charge is 0.407 e. The van der Waals surface area contributed by atoms with Crippen LogP contribution in [0.5, 0.6) is 5.88 Å². The quantitative estimate of drug-likeness (QED) is 0.0657. The van der Waals surface area contributed by atoms with E-state index in [2.05, 4.69) is 83.4 Å². The van der Waals surface area contributed by atoms with Crippen LogP contribution < -0.4 is 25.6 Å². The number of anilines is 2. The highest BCUT2D eigenvalue weighted by Crippen LogP contribution is 2.45. The molecule has 5 aromatic heterocycles. The van der Waals surface area contributed by atoms with Crippen molar-refractivity contribution >= 4 is 43.0 Å². The highest BCUT2D eigenvalue weighted by Gasteiger charge is 2.61. The van der Waals surface area contributed by atoms with Gasteiger partial charge in [-0.05, 0) is 118 Å². The van der Waals surface area contributed by atoms with E-state index in [1.54, 1.807) is 17.8 Å². The number of hydrogen-bond acceptors (Lipinski definition) is 14. The predicted octanol–water partition coefficient (Wildman–Crippen LogP) is 8.15. The average Bonchev–Trinajstić information content (AvgIpc) is 4.34. The normalized spacial score (nSPS) is 24.2. The van der Waals surface area contributed by atoms with E-state index in [4.69, 9.17) is 19.6 Å². The first-order chi connectivity index (χ1) is 37.1. The van der Waals surface area contributed by atoms with Gasteiger partial charge in [0.15, 0.2) is 0 Å². The number of methoxy groups -OCH3 is 1. The summed E-state index contributed by atoms with van der Waals surface area (Å²) in [6.45, 7) is 13.2. The van der Waals surface area contributed by atoms with Gasteiger partial charge in [-0.3, -0.25) is 24.5 Å². The van der Waals surface area contributed by atoms with Gasteiger partial charge in [0.25, 0.3) is 0 Å². The number of carbonyl (C=O) groups is 3. The number of hydrogen-bond donors (Lipinski definition) is 3. The number of imide groups is 1. The molecule has 0 spiro atoms. The van der Waals surface area contributed by atoms with Crippen molar-refractivity contribution in [2.75, 3.05) is 50.1 Å². The van der Waals surface area contributed by atoms with Crippen LogP contribution in [0.15, 0.2) is 85.7 Å². The summed E-state index contributed by atoms with van der Waals surface area (Å²) in [5.74, 6) is 0.556. The lowest BCUT2D eigenvalue weighted by molar-refractivity contribution is -0.133. The zero-order valence-corrected chi connectivity index (χ0v) is 45.5.